The average Bonchev–Trinajstić information content (AvgIpc) is 3.05. The normalized spacial score (nSPS) is 10.7. The summed E-state index contributed by atoms with van der Waals surface area (Å²) in [5.74, 6) is -2.59. The highest BCUT2D eigenvalue weighted by Gasteiger charge is 2.22. The molecule has 3 rings (SSSR count). The number of hydrogen-bond acceptors (Lipinski definition) is 5. The van der Waals surface area contributed by atoms with Crippen molar-refractivity contribution < 1.29 is 27.9 Å². The van der Waals surface area contributed by atoms with E-state index in [1.807, 2.05) is 19.1 Å². The number of rotatable bonds is 6. The summed E-state index contributed by atoms with van der Waals surface area (Å²) in [6.07, 6.45) is 0. The van der Waals surface area contributed by atoms with Gasteiger partial charge in [0, 0.05) is 23.7 Å². The number of carbonyl (C=O) groups excluding carboxylic acids is 3. The molecule has 0 saturated carbocycles. The van der Waals surface area contributed by atoms with Crippen molar-refractivity contribution in [2.75, 3.05) is 25.5 Å². The molecule has 0 bridgehead atoms. The first kappa shape index (κ1) is 21.0. The molecule has 8 heteroatoms. The van der Waals surface area contributed by atoms with Crippen molar-refractivity contribution in [2.24, 2.45) is 0 Å². The largest absolute Gasteiger partial charge is 0.450 e. The van der Waals surface area contributed by atoms with E-state index in [0.29, 0.717) is 16.6 Å². The smallest absolute Gasteiger partial charge is 0.375 e. The van der Waals surface area contributed by atoms with E-state index in [2.05, 4.69) is 5.32 Å². The van der Waals surface area contributed by atoms with E-state index in [9.17, 15) is 18.8 Å². The Labute approximate surface area is 172 Å². The maximum atomic E-state index is 13.8. The number of aryl methyl sites for hydroxylation is 2. The second-order valence-electron chi connectivity index (χ2n) is 6.91. The molecule has 7 nitrogen and oxygen atoms in total. The van der Waals surface area contributed by atoms with Crippen LogP contribution < -0.4 is 5.32 Å². The molecule has 0 radical (unpaired) electrons. The van der Waals surface area contributed by atoms with E-state index in [4.69, 9.17) is 9.15 Å². The number of furan rings is 1. The van der Waals surface area contributed by atoms with Crippen molar-refractivity contribution in [1.82, 2.24) is 4.90 Å². The first-order chi connectivity index (χ1) is 14.3. The van der Waals surface area contributed by atoms with E-state index in [-0.39, 0.29) is 23.8 Å². The molecule has 0 unspecified atom stereocenters. The maximum Gasteiger partial charge on any atom is 0.375 e. The van der Waals surface area contributed by atoms with Crippen molar-refractivity contribution in [1.29, 1.82) is 0 Å². The van der Waals surface area contributed by atoms with Gasteiger partial charge in [-0.05, 0) is 32.0 Å². The second kappa shape index (κ2) is 8.77. The third-order valence-corrected chi connectivity index (χ3v) is 4.57. The van der Waals surface area contributed by atoms with Gasteiger partial charge in [0.15, 0.2) is 18.0 Å². The summed E-state index contributed by atoms with van der Waals surface area (Å²) < 4.78 is 24.1. The molecular formula is C22H21FN2O5. The summed E-state index contributed by atoms with van der Waals surface area (Å²) >= 11 is 0. The first-order valence-corrected chi connectivity index (χ1v) is 9.21. The SMILES string of the molecule is Cc1ccc(NC(=O)CN(C)C(=O)COC(=O)c2oc3c(F)cccc3c2C)cc1. The van der Waals surface area contributed by atoms with Crippen LogP contribution in [0, 0.1) is 19.7 Å². The molecule has 3 aromatic rings. The van der Waals surface area contributed by atoms with E-state index < -0.39 is 24.3 Å². The predicted octanol–water partition coefficient (Wildman–Crippen LogP) is 3.44. The Bertz CT molecular complexity index is 1100. The number of hydrogen-bond donors (Lipinski definition) is 1. The van der Waals surface area contributed by atoms with Crippen molar-refractivity contribution in [3.8, 4) is 0 Å². The number of amides is 2. The van der Waals surface area contributed by atoms with Gasteiger partial charge in [-0.15, -0.1) is 0 Å². The molecule has 0 saturated heterocycles. The number of anilines is 1. The zero-order valence-corrected chi connectivity index (χ0v) is 16.8. The van der Waals surface area contributed by atoms with Crippen LogP contribution >= 0.6 is 0 Å². The molecule has 2 aromatic carbocycles. The summed E-state index contributed by atoms with van der Waals surface area (Å²) in [5, 5.41) is 3.14. The molecule has 2 amide bonds. The lowest BCUT2D eigenvalue weighted by Crippen LogP contribution is -2.37. The van der Waals surface area contributed by atoms with E-state index in [1.54, 1.807) is 25.1 Å². The molecule has 0 aliphatic carbocycles. The summed E-state index contributed by atoms with van der Waals surface area (Å²) in [5.41, 5.74) is 2.06. The van der Waals surface area contributed by atoms with Crippen LogP contribution in [0.15, 0.2) is 46.9 Å². The number of carbonyl (C=O) groups is 3. The fourth-order valence-corrected chi connectivity index (χ4v) is 2.85. The van der Waals surface area contributed by atoms with Gasteiger partial charge in [-0.1, -0.05) is 29.8 Å². The number of nitrogens with zero attached hydrogens (tertiary/aromatic N) is 1. The number of benzene rings is 2. The Balaban J connectivity index is 1.55. The van der Waals surface area contributed by atoms with Crippen LogP contribution in [-0.2, 0) is 14.3 Å². The highest BCUT2D eigenvalue weighted by atomic mass is 19.1. The number of ether oxygens (including phenoxy) is 1. The topological polar surface area (TPSA) is 88.9 Å². The Morgan fingerprint density at radius 3 is 2.47 bits per heavy atom. The Morgan fingerprint density at radius 1 is 1.10 bits per heavy atom. The van der Waals surface area contributed by atoms with Crippen LogP contribution in [0.4, 0.5) is 10.1 Å². The van der Waals surface area contributed by atoms with Crippen molar-refractivity contribution in [3.63, 3.8) is 0 Å². The Hall–Kier alpha value is -3.68. The quantitative estimate of drug-likeness (QED) is 0.627. The molecule has 1 N–H and O–H groups in total. The monoisotopic (exact) mass is 412 g/mol. The van der Waals surface area contributed by atoms with Crippen molar-refractivity contribution in [2.45, 2.75) is 13.8 Å². The molecular weight excluding hydrogens is 391 g/mol. The zero-order chi connectivity index (χ0) is 21.8. The minimum Gasteiger partial charge on any atom is -0.450 e. The van der Waals surface area contributed by atoms with Gasteiger partial charge in [-0.3, -0.25) is 9.59 Å². The summed E-state index contributed by atoms with van der Waals surface area (Å²) in [6.45, 7) is 2.75. The van der Waals surface area contributed by atoms with Gasteiger partial charge in [0.25, 0.3) is 5.91 Å². The number of halogens is 1. The summed E-state index contributed by atoms with van der Waals surface area (Å²) in [6, 6.07) is 11.6. The standard InChI is InChI=1S/C22H21FN2O5/c1-13-7-9-15(10-8-13)24-18(26)11-25(3)19(27)12-29-22(28)20-14(2)16-5-4-6-17(23)21(16)30-20/h4-10H,11-12H2,1-3H3,(H,24,26). The highest BCUT2D eigenvalue weighted by molar-refractivity contribution is 5.97. The third-order valence-electron chi connectivity index (χ3n) is 4.57. The van der Waals surface area contributed by atoms with Crippen LogP contribution in [0.25, 0.3) is 11.0 Å². The van der Waals surface area contributed by atoms with E-state index in [1.165, 1.54) is 19.2 Å². The summed E-state index contributed by atoms with van der Waals surface area (Å²) in [4.78, 5) is 37.7. The molecule has 1 heterocycles. The fraction of sp³-hybridized carbons (Fsp3) is 0.227. The lowest BCUT2D eigenvalue weighted by atomic mass is 10.1. The minimum atomic E-state index is -0.881. The fourth-order valence-electron chi connectivity index (χ4n) is 2.85. The number of para-hydroxylation sites is 1. The van der Waals surface area contributed by atoms with Crippen LogP contribution in [-0.4, -0.2) is 42.9 Å². The number of likely N-dealkylation sites (N-methyl/N-ethyl adjacent to an activating group) is 1. The molecule has 0 aliphatic rings. The first-order valence-electron chi connectivity index (χ1n) is 9.21. The average molecular weight is 412 g/mol. The van der Waals surface area contributed by atoms with Crippen LogP contribution in [0.3, 0.4) is 0 Å². The second-order valence-corrected chi connectivity index (χ2v) is 6.91. The number of nitrogens with one attached hydrogen (secondary N) is 1. The van der Waals surface area contributed by atoms with Gasteiger partial charge in [-0.25, -0.2) is 9.18 Å². The van der Waals surface area contributed by atoms with Crippen LogP contribution in [0.5, 0.6) is 0 Å². The summed E-state index contributed by atoms with van der Waals surface area (Å²) in [7, 11) is 1.42. The predicted molar refractivity (Wildman–Crippen MR) is 109 cm³/mol. The molecule has 0 spiro atoms. The van der Waals surface area contributed by atoms with Crippen molar-refractivity contribution >= 4 is 34.4 Å². The van der Waals surface area contributed by atoms with Gasteiger partial charge in [0.2, 0.25) is 11.7 Å². The van der Waals surface area contributed by atoms with E-state index >= 15 is 0 Å². The van der Waals surface area contributed by atoms with Crippen LogP contribution in [0.2, 0.25) is 0 Å². The zero-order valence-electron chi connectivity index (χ0n) is 16.8. The molecule has 0 aliphatic heterocycles. The van der Waals surface area contributed by atoms with Gasteiger partial charge < -0.3 is 19.4 Å². The maximum absolute atomic E-state index is 13.8. The number of fused-ring (bicyclic) bond motifs is 1. The Morgan fingerprint density at radius 2 is 1.80 bits per heavy atom. The van der Waals surface area contributed by atoms with Crippen LogP contribution in [0.1, 0.15) is 21.7 Å². The highest BCUT2D eigenvalue weighted by Crippen LogP contribution is 2.27. The van der Waals surface area contributed by atoms with Crippen molar-refractivity contribution in [3.05, 3.63) is 65.2 Å². The minimum absolute atomic E-state index is 0.0434. The van der Waals surface area contributed by atoms with Gasteiger partial charge in [-0.2, -0.15) is 0 Å². The molecule has 0 fully saturated rings. The van der Waals surface area contributed by atoms with E-state index in [0.717, 1.165) is 10.5 Å². The number of esters is 1. The molecule has 1 aromatic heterocycles. The third kappa shape index (κ3) is 4.65. The lowest BCUT2D eigenvalue weighted by molar-refractivity contribution is -0.136. The van der Waals surface area contributed by atoms with Gasteiger partial charge >= 0.3 is 5.97 Å². The Kier molecular flexibility index (Phi) is 6.15. The molecule has 30 heavy (non-hydrogen) atoms. The van der Waals surface area contributed by atoms with Gasteiger partial charge in [0.05, 0.1) is 6.54 Å². The molecule has 0 atom stereocenters. The lowest BCUT2D eigenvalue weighted by Gasteiger charge is -2.16. The van der Waals surface area contributed by atoms with Gasteiger partial charge in [0.1, 0.15) is 0 Å². The molecule has 156 valence electrons.